The fourth-order valence-corrected chi connectivity index (χ4v) is 2.04. The van der Waals surface area contributed by atoms with Crippen LogP contribution in [0.1, 0.15) is 38.1 Å². The average molecular weight is 194 g/mol. The molecule has 0 aliphatic carbocycles. The monoisotopic (exact) mass is 194 g/mol. The van der Waals surface area contributed by atoms with Crippen molar-refractivity contribution in [2.24, 2.45) is 0 Å². The Hall–Kier alpha value is -0.900. The molecule has 1 aromatic heterocycles. The Balaban J connectivity index is 2.09. The lowest BCUT2D eigenvalue weighted by molar-refractivity contribution is 0.362. The summed E-state index contributed by atoms with van der Waals surface area (Å²) in [6.07, 6.45) is 6.56. The Labute approximate surface area is 84.7 Å². The van der Waals surface area contributed by atoms with Gasteiger partial charge in [-0.2, -0.15) is 0 Å². The molecule has 14 heavy (non-hydrogen) atoms. The molecule has 1 aliphatic rings. The molecule has 78 valence electrons. The van der Waals surface area contributed by atoms with Gasteiger partial charge in [-0.3, -0.25) is 0 Å². The third-order valence-electron chi connectivity index (χ3n) is 2.79. The smallest absolute Gasteiger partial charge is 0.133 e. The summed E-state index contributed by atoms with van der Waals surface area (Å²) in [5.41, 5.74) is 0. The molecule has 1 saturated heterocycles. The maximum absolute atomic E-state index is 4.17. The van der Waals surface area contributed by atoms with E-state index in [1.54, 1.807) is 0 Å². The van der Waals surface area contributed by atoms with Crippen LogP contribution in [-0.4, -0.2) is 27.9 Å². The highest BCUT2D eigenvalue weighted by Gasteiger charge is 2.17. The molecular weight excluding hydrogens is 176 g/mol. The third-order valence-corrected chi connectivity index (χ3v) is 2.79. The van der Waals surface area contributed by atoms with Crippen LogP contribution in [0.3, 0.4) is 0 Å². The van der Waals surface area contributed by atoms with Crippen LogP contribution in [0.2, 0.25) is 0 Å². The lowest BCUT2D eigenvalue weighted by Crippen LogP contribution is -2.32. The predicted octanol–water partition coefficient (Wildman–Crippen LogP) is 1.16. The number of nitrogens with one attached hydrogen (secondary N) is 1. The zero-order valence-electron chi connectivity index (χ0n) is 8.74. The van der Waals surface area contributed by atoms with Gasteiger partial charge in [0.25, 0.3) is 0 Å². The number of piperidine rings is 1. The van der Waals surface area contributed by atoms with Crippen molar-refractivity contribution < 1.29 is 0 Å². The lowest BCUT2D eigenvalue weighted by atomic mass is 10.1. The second kappa shape index (κ2) is 4.55. The normalized spacial score (nSPS) is 22.5. The van der Waals surface area contributed by atoms with Crippen molar-refractivity contribution in [3.63, 3.8) is 0 Å². The lowest BCUT2D eigenvalue weighted by Gasteiger charge is -2.24. The number of aryl methyl sites for hydroxylation is 1. The Bertz CT molecular complexity index is 275. The topological polar surface area (TPSA) is 42.7 Å². The average Bonchev–Trinajstić information content (AvgIpc) is 2.68. The quantitative estimate of drug-likeness (QED) is 0.785. The summed E-state index contributed by atoms with van der Waals surface area (Å²) >= 11 is 0. The number of rotatable bonds is 3. The van der Waals surface area contributed by atoms with E-state index in [4.69, 9.17) is 0 Å². The number of aromatic nitrogens is 3. The minimum Gasteiger partial charge on any atom is -0.315 e. The molecule has 0 bridgehead atoms. The summed E-state index contributed by atoms with van der Waals surface area (Å²) in [4.78, 5) is 0. The molecule has 2 heterocycles. The van der Waals surface area contributed by atoms with Crippen LogP contribution in [0.25, 0.3) is 0 Å². The van der Waals surface area contributed by atoms with Crippen LogP contribution in [0.15, 0.2) is 6.33 Å². The van der Waals surface area contributed by atoms with E-state index >= 15 is 0 Å². The van der Waals surface area contributed by atoms with Crippen molar-refractivity contribution in [3.8, 4) is 0 Å². The maximum atomic E-state index is 4.17. The second-order valence-corrected chi connectivity index (χ2v) is 3.90. The molecule has 4 nitrogen and oxygen atoms in total. The Kier molecular flexibility index (Phi) is 3.14. The molecule has 1 unspecified atom stereocenters. The van der Waals surface area contributed by atoms with Gasteiger partial charge in [-0.15, -0.1) is 10.2 Å². The first-order chi connectivity index (χ1) is 6.92. The van der Waals surface area contributed by atoms with Crippen molar-refractivity contribution in [1.82, 2.24) is 20.1 Å². The van der Waals surface area contributed by atoms with Gasteiger partial charge in [-0.05, 0) is 25.8 Å². The molecule has 1 atom stereocenters. The molecular formula is C10H18N4. The van der Waals surface area contributed by atoms with Crippen molar-refractivity contribution in [3.05, 3.63) is 12.2 Å². The summed E-state index contributed by atoms with van der Waals surface area (Å²) in [7, 11) is 0. The van der Waals surface area contributed by atoms with E-state index in [0.29, 0.717) is 6.04 Å². The molecule has 4 heteroatoms. The molecule has 0 aromatic carbocycles. The summed E-state index contributed by atoms with van der Waals surface area (Å²) in [6, 6.07) is 0.570. The van der Waals surface area contributed by atoms with E-state index < -0.39 is 0 Å². The molecule has 0 spiro atoms. The summed E-state index contributed by atoms with van der Waals surface area (Å²) < 4.78 is 2.25. The van der Waals surface area contributed by atoms with E-state index in [1.807, 2.05) is 6.33 Å². The van der Waals surface area contributed by atoms with E-state index in [0.717, 1.165) is 31.8 Å². The fourth-order valence-electron chi connectivity index (χ4n) is 2.04. The molecule has 1 fully saturated rings. The zero-order chi connectivity index (χ0) is 9.80. The van der Waals surface area contributed by atoms with Crippen LogP contribution in [0, 0.1) is 0 Å². The molecule has 1 aliphatic heterocycles. The van der Waals surface area contributed by atoms with Gasteiger partial charge in [0.2, 0.25) is 0 Å². The van der Waals surface area contributed by atoms with Gasteiger partial charge in [0, 0.05) is 19.0 Å². The van der Waals surface area contributed by atoms with Crippen molar-refractivity contribution in [2.75, 3.05) is 13.1 Å². The van der Waals surface area contributed by atoms with Crippen LogP contribution >= 0.6 is 0 Å². The molecule has 0 radical (unpaired) electrons. The maximum Gasteiger partial charge on any atom is 0.133 e. The summed E-state index contributed by atoms with van der Waals surface area (Å²) in [5.74, 6) is 1.14. The number of hydrogen-bond donors (Lipinski definition) is 1. The van der Waals surface area contributed by atoms with Crippen molar-refractivity contribution in [1.29, 1.82) is 0 Å². The number of nitrogens with zero attached hydrogens (tertiary/aromatic N) is 3. The molecule has 0 saturated carbocycles. The van der Waals surface area contributed by atoms with Gasteiger partial charge in [0.15, 0.2) is 0 Å². The van der Waals surface area contributed by atoms with Crippen LogP contribution in [0.5, 0.6) is 0 Å². The van der Waals surface area contributed by atoms with Crippen molar-refractivity contribution >= 4 is 0 Å². The van der Waals surface area contributed by atoms with Crippen LogP contribution in [-0.2, 0) is 6.42 Å². The first kappa shape index (κ1) is 9.65. The second-order valence-electron chi connectivity index (χ2n) is 3.90. The van der Waals surface area contributed by atoms with Gasteiger partial charge in [-0.25, -0.2) is 0 Å². The minimum atomic E-state index is 0.570. The first-order valence-electron chi connectivity index (χ1n) is 5.51. The summed E-state index contributed by atoms with van der Waals surface area (Å²) in [6.45, 7) is 4.40. The number of hydrogen-bond acceptors (Lipinski definition) is 3. The van der Waals surface area contributed by atoms with Crippen LogP contribution in [0.4, 0.5) is 0 Å². The Morgan fingerprint density at radius 3 is 3.29 bits per heavy atom. The standard InChI is InChI=1S/C10H18N4/c1-2-4-10-13-12-8-14(10)9-5-3-6-11-7-9/h8-9,11H,2-7H2,1H3. The van der Waals surface area contributed by atoms with Gasteiger partial charge < -0.3 is 9.88 Å². The predicted molar refractivity (Wildman–Crippen MR) is 55.2 cm³/mol. The molecule has 1 N–H and O–H groups in total. The summed E-state index contributed by atoms with van der Waals surface area (Å²) in [5, 5.41) is 11.6. The van der Waals surface area contributed by atoms with Gasteiger partial charge in [-0.1, -0.05) is 6.92 Å². The zero-order valence-corrected chi connectivity index (χ0v) is 8.74. The first-order valence-corrected chi connectivity index (χ1v) is 5.51. The highest BCUT2D eigenvalue weighted by Crippen LogP contribution is 2.17. The molecule has 0 amide bonds. The molecule has 2 rings (SSSR count). The third kappa shape index (κ3) is 1.95. The van der Waals surface area contributed by atoms with Gasteiger partial charge >= 0.3 is 0 Å². The minimum absolute atomic E-state index is 0.570. The van der Waals surface area contributed by atoms with Gasteiger partial charge in [0.1, 0.15) is 12.2 Å². The van der Waals surface area contributed by atoms with E-state index in [9.17, 15) is 0 Å². The van der Waals surface area contributed by atoms with E-state index in [-0.39, 0.29) is 0 Å². The fraction of sp³-hybridized carbons (Fsp3) is 0.800. The molecule has 1 aromatic rings. The largest absolute Gasteiger partial charge is 0.315 e. The van der Waals surface area contributed by atoms with Crippen molar-refractivity contribution in [2.45, 2.75) is 38.6 Å². The Morgan fingerprint density at radius 2 is 2.57 bits per heavy atom. The SMILES string of the molecule is CCCc1nncn1C1CCCNC1. The van der Waals surface area contributed by atoms with E-state index in [2.05, 4.69) is 27.0 Å². The highest BCUT2D eigenvalue weighted by molar-refractivity contribution is 4.91. The van der Waals surface area contributed by atoms with Crippen LogP contribution < -0.4 is 5.32 Å². The van der Waals surface area contributed by atoms with Gasteiger partial charge in [0.05, 0.1) is 0 Å². The highest BCUT2D eigenvalue weighted by atomic mass is 15.3. The Morgan fingerprint density at radius 1 is 1.64 bits per heavy atom. The van der Waals surface area contributed by atoms with E-state index in [1.165, 1.54) is 12.8 Å².